The maximum absolute atomic E-state index is 12.3. The fraction of sp³-hybridized carbons (Fsp3) is 0. The van der Waals surface area contributed by atoms with E-state index in [0.717, 1.165) is 3.57 Å². The van der Waals surface area contributed by atoms with Crippen LogP contribution in [0.2, 0.25) is 0 Å². The summed E-state index contributed by atoms with van der Waals surface area (Å²) < 4.78 is 0.964. The summed E-state index contributed by atoms with van der Waals surface area (Å²) in [6.45, 7) is 0. The van der Waals surface area contributed by atoms with Crippen LogP contribution in [0.15, 0.2) is 78.9 Å². The highest BCUT2D eigenvalue weighted by Gasteiger charge is 2.09. The number of amides is 2. The third-order valence-electron chi connectivity index (χ3n) is 3.73. The first-order chi connectivity index (χ1) is 13.5. The van der Waals surface area contributed by atoms with E-state index in [0.29, 0.717) is 22.5 Å². The van der Waals surface area contributed by atoms with Crippen molar-refractivity contribution in [3.05, 3.63) is 93.6 Å². The Bertz CT molecular complexity index is 1020. The first-order valence-corrected chi connectivity index (χ1v) is 9.84. The first kappa shape index (κ1) is 20.0. The lowest BCUT2D eigenvalue weighted by Crippen LogP contribution is -2.34. The molecule has 0 radical (unpaired) electrons. The van der Waals surface area contributed by atoms with Crippen LogP contribution in [-0.2, 0) is 0 Å². The predicted octanol–water partition coefficient (Wildman–Crippen LogP) is 4.67. The summed E-state index contributed by atoms with van der Waals surface area (Å²) >= 11 is 7.37. The third kappa shape index (κ3) is 5.61. The lowest BCUT2D eigenvalue weighted by molar-refractivity contribution is 0.0976. The summed E-state index contributed by atoms with van der Waals surface area (Å²) in [6, 6.07) is 23.3. The SMILES string of the molecule is O=C(NC(=S)Nc1cccc(NC(=O)c2ccccc2)c1)c1cccc(I)c1. The maximum Gasteiger partial charge on any atom is 0.257 e. The van der Waals surface area contributed by atoms with Gasteiger partial charge in [0.05, 0.1) is 0 Å². The monoisotopic (exact) mass is 501 g/mol. The number of hydrogen-bond donors (Lipinski definition) is 3. The molecule has 0 aliphatic rings. The average molecular weight is 501 g/mol. The quantitative estimate of drug-likeness (QED) is 0.359. The molecule has 0 unspecified atom stereocenters. The Morgan fingerprint density at radius 1 is 0.714 bits per heavy atom. The summed E-state index contributed by atoms with van der Waals surface area (Å²) in [5.74, 6) is -0.489. The molecule has 0 bridgehead atoms. The normalized spacial score (nSPS) is 10.0. The summed E-state index contributed by atoms with van der Waals surface area (Å²) in [7, 11) is 0. The number of benzene rings is 3. The zero-order valence-corrected chi connectivity index (χ0v) is 17.6. The molecule has 0 aromatic heterocycles. The Kier molecular flexibility index (Phi) is 6.72. The van der Waals surface area contributed by atoms with Gasteiger partial charge in [0.15, 0.2) is 5.11 Å². The van der Waals surface area contributed by atoms with Crippen molar-refractivity contribution < 1.29 is 9.59 Å². The van der Waals surface area contributed by atoms with Crippen LogP contribution >= 0.6 is 34.8 Å². The number of carbonyl (C=O) groups is 2. The van der Waals surface area contributed by atoms with Crippen LogP contribution in [0.4, 0.5) is 11.4 Å². The number of carbonyl (C=O) groups excluding carboxylic acids is 2. The average Bonchev–Trinajstić information content (AvgIpc) is 2.69. The highest BCUT2D eigenvalue weighted by Crippen LogP contribution is 2.16. The van der Waals surface area contributed by atoms with E-state index in [9.17, 15) is 9.59 Å². The van der Waals surface area contributed by atoms with Crippen LogP contribution in [0.5, 0.6) is 0 Å². The highest BCUT2D eigenvalue weighted by atomic mass is 127. The number of hydrogen-bond acceptors (Lipinski definition) is 3. The number of halogens is 1. The van der Waals surface area contributed by atoms with E-state index in [-0.39, 0.29) is 16.9 Å². The molecule has 3 aromatic carbocycles. The van der Waals surface area contributed by atoms with E-state index >= 15 is 0 Å². The second-order valence-corrected chi connectivity index (χ2v) is 7.47. The number of thiocarbonyl (C=S) groups is 1. The molecule has 0 aliphatic heterocycles. The Morgan fingerprint density at radius 2 is 1.36 bits per heavy atom. The summed E-state index contributed by atoms with van der Waals surface area (Å²) in [6.07, 6.45) is 0. The molecule has 0 saturated heterocycles. The van der Waals surface area contributed by atoms with E-state index < -0.39 is 0 Å². The van der Waals surface area contributed by atoms with E-state index in [4.69, 9.17) is 12.2 Å². The van der Waals surface area contributed by atoms with Crippen LogP contribution in [-0.4, -0.2) is 16.9 Å². The topological polar surface area (TPSA) is 70.2 Å². The van der Waals surface area contributed by atoms with E-state index in [1.54, 1.807) is 48.5 Å². The van der Waals surface area contributed by atoms with Gasteiger partial charge in [-0.25, -0.2) is 0 Å². The fourth-order valence-corrected chi connectivity index (χ4v) is 3.19. The lowest BCUT2D eigenvalue weighted by Gasteiger charge is -2.11. The van der Waals surface area contributed by atoms with Gasteiger partial charge in [-0.1, -0.05) is 30.3 Å². The van der Waals surface area contributed by atoms with Gasteiger partial charge in [-0.15, -0.1) is 0 Å². The molecule has 3 N–H and O–H groups in total. The minimum atomic E-state index is -0.287. The molecule has 28 heavy (non-hydrogen) atoms. The maximum atomic E-state index is 12.3. The van der Waals surface area contributed by atoms with Gasteiger partial charge in [-0.05, 0) is 83.3 Å². The Morgan fingerprint density at radius 3 is 2.07 bits per heavy atom. The zero-order valence-electron chi connectivity index (χ0n) is 14.6. The standard InChI is InChI=1S/C21H16IN3O2S/c22-16-9-4-8-15(12-16)20(27)25-21(28)24-18-11-5-10-17(13-18)23-19(26)14-6-2-1-3-7-14/h1-13H,(H,23,26)(H2,24,25,27,28). The summed E-state index contributed by atoms with van der Waals surface area (Å²) in [5, 5.41) is 8.62. The second kappa shape index (κ2) is 9.43. The van der Waals surface area contributed by atoms with Crippen LogP contribution in [0, 0.1) is 3.57 Å². The van der Waals surface area contributed by atoms with Crippen molar-refractivity contribution in [2.45, 2.75) is 0 Å². The number of anilines is 2. The molecule has 3 aromatic rings. The molecule has 0 fully saturated rings. The van der Waals surface area contributed by atoms with Crippen LogP contribution in [0.25, 0.3) is 0 Å². The minimum Gasteiger partial charge on any atom is -0.332 e. The van der Waals surface area contributed by atoms with Crippen LogP contribution < -0.4 is 16.0 Å². The summed E-state index contributed by atoms with van der Waals surface area (Å²) in [4.78, 5) is 24.5. The van der Waals surface area contributed by atoms with Gasteiger partial charge in [0, 0.05) is 26.1 Å². The molecule has 3 rings (SSSR count). The lowest BCUT2D eigenvalue weighted by atomic mass is 10.2. The molecule has 2 amide bonds. The molecule has 0 atom stereocenters. The Hall–Kier alpha value is -2.78. The molecule has 0 spiro atoms. The van der Waals surface area contributed by atoms with Gasteiger partial charge in [-0.3, -0.25) is 14.9 Å². The summed E-state index contributed by atoms with van der Waals surface area (Å²) in [5.41, 5.74) is 2.37. The Labute approximate surface area is 181 Å². The van der Waals surface area contributed by atoms with E-state index in [1.165, 1.54) is 0 Å². The van der Waals surface area contributed by atoms with Gasteiger partial charge in [-0.2, -0.15) is 0 Å². The van der Waals surface area contributed by atoms with Crippen molar-refractivity contribution in [3.8, 4) is 0 Å². The van der Waals surface area contributed by atoms with Crippen molar-refractivity contribution in [3.63, 3.8) is 0 Å². The molecule has 140 valence electrons. The highest BCUT2D eigenvalue weighted by molar-refractivity contribution is 14.1. The zero-order chi connectivity index (χ0) is 19.9. The molecule has 0 saturated carbocycles. The van der Waals surface area contributed by atoms with E-state index in [2.05, 4.69) is 38.5 Å². The number of nitrogens with one attached hydrogen (secondary N) is 3. The van der Waals surface area contributed by atoms with Crippen molar-refractivity contribution in [1.82, 2.24) is 5.32 Å². The fourth-order valence-electron chi connectivity index (χ4n) is 2.43. The van der Waals surface area contributed by atoms with Gasteiger partial charge in [0.1, 0.15) is 0 Å². The molecular weight excluding hydrogens is 485 g/mol. The third-order valence-corrected chi connectivity index (χ3v) is 4.60. The molecule has 5 nitrogen and oxygen atoms in total. The largest absolute Gasteiger partial charge is 0.332 e. The smallest absolute Gasteiger partial charge is 0.257 e. The van der Waals surface area contributed by atoms with Crippen LogP contribution in [0.1, 0.15) is 20.7 Å². The first-order valence-electron chi connectivity index (χ1n) is 8.35. The van der Waals surface area contributed by atoms with Gasteiger partial charge < -0.3 is 10.6 Å². The second-order valence-electron chi connectivity index (χ2n) is 5.82. The number of rotatable bonds is 4. The van der Waals surface area contributed by atoms with Crippen molar-refractivity contribution in [2.24, 2.45) is 0 Å². The molecule has 7 heteroatoms. The van der Waals surface area contributed by atoms with E-state index in [1.807, 2.05) is 30.3 Å². The van der Waals surface area contributed by atoms with Gasteiger partial charge in [0.2, 0.25) is 0 Å². The Balaban J connectivity index is 1.61. The molecule has 0 aliphatic carbocycles. The predicted molar refractivity (Wildman–Crippen MR) is 124 cm³/mol. The van der Waals surface area contributed by atoms with Crippen molar-refractivity contribution >= 4 is 63.1 Å². The molecule has 0 heterocycles. The van der Waals surface area contributed by atoms with Gasteiger partial charge in [0.25, 0.3) is 11.8 Å². The van der Waals surface area contributed by atoms with Crippen molar-refractivity contribution in [1.29, 1.82) is 0 Å². The van der Waals surface area contributed by atoms with Crippen molar-refractivity contribution in [2.75, 3.05) is 10.6 Å². The van der Waals surface area contributed by atoms with Crippen LogP contribution in [0.3, 0.4) is 0 Å². The minimum absolute atomic E-state index is 0.176. The van der Waals surface area contributed by atoms with Gasteiger partial charge >= 0.3 is 0 Å². The molecular formula is C21H16IN3O2S.